The van der Waals surface area contributed by atoms with Gasteiger partial charge in [-0.3, -0.25) is 14.4 Å². The number of hydrogen-bond acceptors (Lipinski definition) is 6. The van der Waals surface area contributed by atoms with E-state index in [1.165, 1.54) is 186 Å². The van der Waals surface area contributed by atoms with Crippen molar-refractivity contribution >= 4 is 17.9 Å². The van der Waals surface area contributed by atoms with Crippen molar-refractivity contribution in [1.29, 1.82) is 0 Å². The Labute approximate surface area is 387 Å². The molecular formula is C56H108O6. The number of carbonyl (C=O) groups excluding carboxylic acids is 3. The first-order valence-electron chi connectivity index (χ1n) is 27.6. The maximum absolute atomic E-state index is 12.8. The fourth-order valence-electron chi connectivity index (χ4n) is 8.44. The van der Waals surface area contributed by atoms with Gasteiger partial charge in [-0.25, -0.2) is 0 Å². The van der Waals surface area contributed by atoms with Crippen LogP contribution in [0, 0.1) is 17.8 Å². The molecule has 0 aromatic rings. The molecule has 0 fully saturated rings. The average molecular weight is 877 g/mol. The second-order valence-corrected chi connectivity index (χ2v) is 20.4. The standard InChI is InChI=1S/C56H108O6/c1-7-52(6)44-38-32-26-19-15-10-8-9-11-17-21-29-35-41-47-56(59)62-53(49-61-55(58)46-40-34-28-23-22-25-31-37-43-51(4)5)48-60-54(57)45-39-33-27-20-16-13-12-14-18-24-30-36-42-50(2)3/h50-53H,7-49H2,1-6H3/t52?,53-/m1/s1. The van der Waals surface area contributed by atoms with Gasteiger partial charge < -0.3 is 14.2 Å². The molecule has 0 spiro atoms. The summed E-state index contributed by atoms with van der Waals surface area (Å²) in [6.07, 6.45) is 48.0. The smallest absolute Gasteiger partial charge is 0.306 e. The number of carbonyl (C=O) groups is 3. The van der Waals surface area contributed by atoms with E-state index in [0.29, 0.717) is 19.3 Å². The second-order valence-electron chi connectivity index (χ2n) is 20.4. The Morgan fingerprint density at radius 2 is 0.565 bits per heavy atom. The van der Waals surface area contributed by atoms with Crippen LogP contribution in [0.5, 0.6) is 0 Å². The van der Waals surface area contributed by atoms with Gasteiger partial charge >= 0.3 is 17.9 Å². The van der Waals surface area contributed by atoms with Gasteiger partial charge in [-0.1, -0.05) is 266 Å². The summed E-state index contributed by atoms with van der Waals surface area (Å²) in [6, 6.07) is 0. The summed E-state index contributed by atoms with van der Waals surface area (Å²) in [4.78, 5) is 38.0. The minimum absolute atomic E-state index is 0.0644. The lowest BCUT2D eigenvalue weighted by molar-refractivity contribution is -0.167. The van der Waals surface area contributed by atoms with Gasteiger partial charge in [0.25, 0.3) is 0 Å². The first kappa shape index (κ1) is 60.4. The molecule has 0 N–H and O–H groups in total. The van der Waals surface area contributed by atoms with E-state index in [1.807, 2.05) is 0 Å². The number of hydrogen-bond donors (Lipinski definition) is 0. The van der Waals surface area contributed by atoms with Gasteiger partial charge in [0.1, 0.15) is 13.2 Å². The van der Waals surface area contributed by atoms with Crippen molar-refractivity contribution in [1.82, 2.24) is 0 Å². The van der Waals surface area contributed by atoms with Crippen LogP contribution >= 0.6 is 0 Å². The van der Waals surface area contributed by atoms with Crippen molar-refractivity contribution in [2.24, 2.45) is 17.8 Å². The van der Waals surface area contributed by atoms with Crippen LogP contribution < -0.4 is 0 Å². The molecule has 0 bridgehead atoms. The van der Waals surface area contributed by atoms with Crippen LogP contribution in [0.3, 0.4) is 0 Å². The lowest BCUT2D eigenvalue weighted by Crippen LogP contribution is -2.30. The normalized spacial score (nSPS) is 12.6. The van der Waals surface area contributed by atoms with E-state index in [9.17, 15) is 14.4 Å². The highest BCUT2D eigenvalue weighted by Gasteiger charge is 2.19. The summed E-state index contributed by atoms with van der Waals surface area (Å²) in [6.45, 7) is 13.8. The molecule has 2 atom stereocenters. The Morgan fingerprint density at radius 3 is 0.839 bits per heavy atom. The Hall–Kier alpha value is -1.59. The van der Waals surface area contributed by atoms with E-state index in [-0.39, 0.29) is 31.1 Å². The zero-order chi connectivity index (χ0) is 45.6. The Bertz CT molecular complexity index is 962. The maximum Gasteiger partial charge on any atom is 0.306 e. The zero-order valence-electron chi connectivity index (χ0n) is 42.7. The molecule has 0 saturated heterocycles. The van der Waals surface area contributed by atoms with Crippen molar-refractivity contribution in [2.45, 2.75) is 311 Å². The average Bonchev–Trinajstić information content (AvgIpc) is 3.24. The van der Waals surface area contributed by atoms with E-state index in [2.05, 4.69) is 41.5 Å². The molecule has 0 rings (SSSR count). The second kappa shape index (κ2) is 47.4. The SMILES string of the molecule is CCC(C)CCCCCCCCCCCCCCCCC(=O)O[C@H](COC(=O)CCCCCCCCCCCCCCC(C)C)COC(=O)CCCCCCCCCCC(C)C. The fourth-order valence-corrected chi connectivity index (χ4v) is 8.44. The Kier molecular flexibility index (Phi) is 46.2. The van der Waals surface area contributed by atoms with Crippen molar-refractivity contribution < 1.29 is 28.6 Å². The van der Waals surface area contributed by atoms with Crippen LogP contribution in [-0.4, -0.2) is 37.2 Å². The van der Waals surface area contributed by atoms with E-state index in [4.69, 9.17) is 14.2 Å². The van der Waals surface area contributed by atoms with Crippen LogP contribution in [0.15, 0.2) is 0 Å². The van der Waals surface area contributed by atoms with E-state index in [0.717, 1.165) is 75.5 Å². The van der Waals surface area contributed by atoms with Gasteiger partial charge in [0.15, 0.2) is 6.10 Å². The van der Waals surface area contributed by atoms with Crippen LogP contribution in [-0.2, 0) is 28.6 Å². The summed E-state index contributed by atoms with van der Waals surface area (Å²) in [5.41, 5.74) is 0. The molecule has 0 aromatic heterocycles. The molecule has 0 aromatic carbocycles. The topological polar surface area (TPSA) is 78.9 Å². The van der Waals surface area contributed by atoms with Gasteiger partial charge in [-0.15, -0.1) is 0 Å². The highest BCUT2D eigenvalue weighted by atomic mass is 16.6. The maximum atomic E-state index is 12.8. The van der Waals surface area contributed by atoms with Crippen LogP contribution in [0.4, 0.5) is 0 Å². The molecule has 368 valence electrons. The van der Waals surface area contributed by atoms with Crippen LogP contribution in [0.25, 0.3) is 0 Å². The van der Waals surface area contributed by atoms with Crippen LogP contribution in [0.2, 0.25) is 0 Å². The van der Waals surface area contributed by atoms with Crippen molar-refractivity contribution in [2.75, 3.05) is 13.2 Å². The fraction of sp³-hybridized carbons (Fsp3) is 0.946. The highest BCUT2D eigenvalue weighted by molar-refractivity contribution is 5.71. The summed E-state index contributed by atoms with van der Waals surface area (Å²) in [5.74, 6) is 1.68. The molecule has 6 nitrogen and oxygen atoms in total. The molecule has 0 saturated carbocycles. The molecule has 0 heterocycles. The third kappa shape index (κ3) is 47.9. The number of ether oxygens (including phenoxy) is 3. The van der Waals surface area contributed by atoms with Gasteiger partial charge in [0.2, 0.25) is 0 Å². The molecule has 0 aliphatic rings. The molecule has 62 heavy (non-hydrogen) atoms. The third-order valence-electron chi connectivity index (χ3n) is 13.0. The van der Waals surface area contributed by atoms with Gasteiger partial charge in [-0.05, 0) is 37.0 Å². The molecular weight excluding hydrogens is 769 g/mol. The van der Waals surface area contributed by atoms with E-state index < -0.39 is 6.10 Å². The number of esters is 3. The van der Waals surface area contributed by atoms with Gasteiger partial charge in [0, 0.05) is 19.3 Å². The van der Waals surface area contributed by atoms with Gasteiger partial charge in [0.05, 0.1) is 0 Å². The predicted molar refractivity (Wildman–Crippen MR) is 266 cm³/mol. The minimum Gasteiger partial charge on any atom is -0.462 e. The van der Waals surface area contributed by atoms with E-state index >= 15 is 0 Å². The molecule has 6 heteroatoms. The summed E-state index contributed by atoms with van der Waals surface area (Å²) in [7, 11) is 0. The first-order chi connectivity index (χ1) is 30.1. The summed E-state index contributed by atoms with van der Waals surface area (Å²) < 4.78 is 16.8. The zero-order valence-corrected chi connectivity index (χ0v) is 42.7. The number of rotatable bonds is 49. The first-order valence-corrected chi connectivity index (χ1v) is 27.6. The highest BCUT2D eigenvalue weighted by Crippen LogP contribution is 2.18. The predicted octanol–water partition coefficient (Wildman–Crippen LogP) is 17.9. The lowest BCUT2D eigenvalue weighted by Gasteiger charge is -2.18. The minimum atomic E-state index is -0.763. The van der Waals surface area contributed by atoms with Crippen LogP contribution in [0.1, 0.15) is 305 Å². The van der Waals surface area contributed by atoms with E-state index in [1.54, 1.807) is 0 Å². The molecule has 1 unspecified atom stereocenters. The molecule has 0 amide bonds. The molecule has 0 aliphatic heterocycles. The van der Waals surface area contributed by atoms with Crippen molar-refractivity contribution in [3.8, 4) is 0 Å². The Morgan fingerprint density at radius 1 is 0.323 bits per heavy atom. The Balaban J connectivity index is 4.29. The monoisotopic (exact) mass is 877 g/mol. The summed E-state index contributed by atoms with van der Waals surface area (Å²) in [5, 5.41) is 0. The molecule has 0 aliphatic carbocycles. The van der Waals surface area contributed by atoms with Gasteiger partial charge in [-0.2, -0.15) is 0 Å². The lowest BCUT2D eigenvalue weighted by atomic mass is 9.99. The summed E-state index contributed by atoms with van der Waals surface area (Å²) >= 11 is 0. The quantitative estimate of drug-likeness (QED) is 0.0344. The largest absolute Gasteiger partial charge is 0.462 e. The molecule has 0 radical (unpaired) electrons. The van der Waals surface area contributed by atoms with Crippen molar-refractivity contribution in [3.63, 3.8) is 0 Å². The third-order valence-corrected chi connectivity index (χ3v) is 13.0. The number of unbranched alkanes of at least 4 members (excludes halogenated alkanes) is 31. The van der Waals surface area contributed by atoms with Crippen molar-refractivity contribution in [3.05, 3.63) is 0 Å².